The zero-order valence-electron chi connectivity index (χ0n) is 17.3. The molecule has 6 heteroatoms. The third kappa shape index (κ3) is 3.52. The number of hydrogen-bond acceptors (Lipinski definition) is 5. The predicted octanol–water partition coefficient (Wildman–Crippen LogP) is 3.81. The lowest BCUT2D eigenvalue weighted by Crippen LogP contribution is -2.38. The van der Waals surface area contributed by atoms with Crippen LogP contribution < -0.4 is 9.47 Å². The standard InChI is InChI=1S/C25H24N2O4/c1-30-21-13-17(7-12-20(21)31-15-16-5-3-2-4-6-16)14-26-27-24(28)22-18-8-9-19(11-10-18)23(22)25(27)29/h2-9,12-14,18-19,22-23H,10-11,15H2,1H3/b26-14-/t18-,19-,22-,23-/m0/s1. The fraction of sp³-hybridized carbons (Fsp3) is 0.320. The summed E-state index contributed by atoms with van der Waals surface area (Å²) in [6.07, 6.45) is 7.69. The molecule has 0 radical (unpaired) electrons. The molecule has 6 rings (SSSR count). The molecule has 2 aromatic rings. The van der Waals surface area contributed by atoms with Gasteiger partial charge < -0.3 is 9.47 Å². The van der Waals surface area contributed by atoms with Gasteiger partial charge in [-0.15, -0.1) is 0 Å². The van der Waals surface area contributed by atoms with Crippen LogP contribution in [0.1, 0.15) is 24.0 Å². The minimum Gasteiger partial charge on any atom is -0.493 e. The number of rotatable bonds is 6. The Morgan fingerprint density at radius 2 is 1.65 bits per heavy atom. The first kappa shape index (κ1) is 19.5. The van der Waals surface area contributed by atoms with Crippen LogP contribution in [0.15, 0.2) is 65.8 Å². The summed E-state index contributed by atoms with van der Waals surface area (Å²) < 4.78 is 11.3. The Kier molecular flexibility index (Phi) is 5.06. The molecule has 3 aliphatic carbocycles. The second-order valence-corrected chi connectivity index (χ2v) is 8.26. The van der Waals surface area contributed by atoms with Crippen molar-refractivity contribution in [3.8, 4) is 11.5 Å². The molecule has 2 aromatic carbocycles. The van der Waals surface area contributed by atoms with Crippen molar-refractivity contribution >= 4 is 18.0 Å². The summed E-state index contributed by atoms with van der Waals surface area (Å²) in [6, 6.07) is 15.3. The summed E-state index contributed by atoms with van der Waals surface area (Å²) >= 11 is 0. The highest BCUT2D eigenvalue weighted by Crippen LogP contribution is 2.49. The van der Waals surface area contributed by atoms with Crippen molar-refractivity contribution in [2.75, 3.05) is 7.11 Å². The van der Waals surface area contributed by atoms with Gasteiger partial charge in [-0.1, -0.05) is 42.5 Å². The summed E-state index contributed by atoms with van der Waals surface area (Å²) in [5.74, 6) is 0.634. The summed E-state index contributed by atoms with van der Waals surface area (Å²) in [4.78, 5) is 25.7. The molecule has 4 aliphatic rings. The minimum absolute atomic E-state index is 0.160. The van der Waals surface area contributed by atoms with Crippen LogP contribution in [-0.4, -0.2) is 30.1 Å². The van der Waals surface area contributed by atoms with Gasteiger partial charge in [0.25, 0.3) is 11.8 Å². The lowest BCUT2D eigenvalue weighted by Gasteiger charge is -2.37. The summed E-state index contributed by atoms with van der Waals surface area (Å²) in [5.41, 5.74) is 1.78. The van der Waals surface area contributed by atoms with Crippen molar-refractivity contribution in [2.24, 2.45) is 28.8 Å². The smallest absolute Gasteiger partial charge is 0.254 e. The second-order valence-electron chi connectivity index (χ2n) is 8.26. The molecule has 0 spiro atoms. The SMILES string of the molecule is COc1cc(/C=N\N2C(=O)[C@@H]3[C@@H](C2=O)[C@H]2C=C[C@H]3CC2)ccc1OCc1ccccc1. The maximum atomic E-state index is 12.9. The highest BCUT2D eigenvalue weighted by molar-refractivity contribution is 6.06. The van der Waals surface area contributed by atoms with Crippen molar-refractivity contribution in [3.05, 3.63) is 71.8 Å². The summed E-state index contributed by atoms with van der Waals surface area (Å²) in [7, 11) is 1.58. The average Bonchev–Trinajstić information content (AvgIpc) is 3.09. The van der Waals surface area contributed by atoms with E-state index in [0.717, 1.165) is 29.0 Å². The Balaban J connectivity index is 1.31. The largest absolute Gasteiger partial charge is 0.493 e. The molecule has 0 N–H and O–H groups in total. The number of fused-ring (bicyclic) bond motifs is 1. The van der Waals surface area contributed by atoms with Crippen LogP contribution in [0.4, 0.5) is 0 Å². The average molecular weight is 416 g/mol. The Morgan fingerprint density at radius 3 is 2.26 bits per heavy atom. The van der Waals surface area contributed by atoms with Crippen molar-refractivity contribution < 1.29 is 19.1 Å². The van der Waals surface area contributed by atoms with Gasteiger partial charge in [0.1, 0.15) is 6.61 Å². The van der Waals surface area contributed by atoms with Crippen LogP contribution in [0.5, 0.6) is 11.5 Å². The number of benzene rings is 2. The van der Waals surface area contributed by atoms with Gasteiger partial charge in [0, 0.05) is 0 Å². The number of methoxy groups -OCH3 is 1. The van der Waals surface area contributed by atoms with Crippen molar-refractivity contribution in [1.29, 1.82) is 0 Å². The molecular weight excluding hydrogens is 392 g/mol. The Morgan fingerprint density at radius 1 is 0.968 bits per heavy atom. The van der Waals surface area contributed by atoms with Crippen molar-refractivity contribution in [2.45, 2.75) is 19.4 Å². The van der Waals surface area contributed by atoms with Crippen LogP contribution in [0.25, 0.3) is 0 Å². The molecule has 1 heterocycles. The molecule has 0 aromatic heterocycles. The number of hydrogen-bond donors (Lipinski definition) is 0. The van der Waals surface area contributed by atoms with E-state index >= 15 is 0 Å². The number of amides is 2. The van der Waals surface area contributed by atoms with Gasteiger partial charge in [-0.05, 0) is 54.0 Å². The van der Waals surface area contributed by atoms with Crippen LogP contribution in [0, 0.1) is 23.7 Å². The Bertz CT molecular complexity index is 1030. The maximum absolute atomic E-state index is 12.9. The Hall–Kier alpha value is -3.41. The monoisotopic (exact) mass is 416 g/mol. The molecule has 0 unspecified atom stereocenters. The molecule has 4 atom stereocenters. The van der Waals surface area contributed by atoms with E-state index in [-0.39, 0.29) is 35.5 Å². The second kappa shape index (κ2) is 8.02. The van der Waals surface area contributed by atoms with Crippen molar-refractivity contribution in [3.63, 3.8) is 0 Å². The first-order valence-corrected chi connectivity index (χ1v) is 10.6. The van der Waals surface area contributed by atoms with E-state index in [9.17, 15) is 9.59 Å². The number of imide groups is 1. The van der Waals surface area contributed by atoms with E-state index in [1.54, 1.807) is 19.2 Å². The number of hydrazone groups is 1. The van der Waals surface area contributed by atoms with Crippen LogP contribution in [-0.2, 0) is 16.2 Å². The van der Waals surface area contributed by atoms with Crippen LogP contribution >= 0.6 is 0 Å². The van der Waals surface area contributed by atoms with E-state index < -0.39 is 0 Å². The third-order valence-corrected chi connectivity index (χ3v) is 6.48. The normalized spacial score (nSPS) is 26.5. The van der Waals surface area contributed by atoms with E-state index in [4.69, 9.17) is 9.47 Å². The van der Waals surface area contributed by atoms with E-state index in [2.05, 4.69) is 17.3 Å². The van der Waals surface area contributed by atoms with Gasteiger partial charge in [-0.25, -0.2) is 0 Å². The van der Waals surface area contributed by atoms with Gasteiger partial charge in [0.05, 0.1) is 25.2 Å². The van der Waals surface area contributed by atoms with Gasteiger partial charge >= 0.3 is 0 Å². The number of carbonyl (C=O) groups excluding carboxylic acids is 2. The number of allylic oxidation sites excluding steroid dienone is 2. The quantitative estimate of drug-likeness (QED) is 0.408. The zero-order valence-corrected chi connectivity index (χ0v) is 17.3. The molecular formula is C25H24N2O4. The molecule has 2 fully saturated rings. The van der Waals surface area contributed by atoms with Crippen LogP contribution in [0.2, 0.25) is 0 Å². The fourth-order valence-corrected chi connectivity index (χ4v) is 4.92. The highest BCUT2D eigenvalue weighted by atomic mass is 16.5. The van der Waals surface area contributed by atoms with Gasteiger partial charge in [0.2, 0.25) is 0 Å². The molecule has 158 valence electrons. The lowest BCUT2D eigenvalue weighted by molar-refractivity contribution is -0.140. The highest BCUT2D eigenvalue weighted by Gasteiger charge is 2.56. The van der Waals surface area contributed by atoms with Crippen LogP contribution in [0.3, 0.4) is 0 Å². The van der Waals surface area contributed by atoms with Gasteiger partial charge in [-0.2, -0.15) is 10.1 Å². The Labute approximate surface area is 181 Å². The third-order valence-electron chi connectivity index (χ3n) is 6.48. The number of nitrogens with zero attached hydrogens (tertiary/aromatic N) is 2. The molecule has 6 nitrogen and oxygen atoms in total. The predicted molar refractivity (Wildman–Crippen MR) is 116 cm³/mol. The molecule has 2 amide bonds. The molecule has 31 heavy (non-hydrogen) atoms. The fourth-order valence-electron chi connectivity index (χ4n) is 4.92. The molecule has 1 saturated carbocycles. The van der Waals surface area contributed by atoms with E-state index in [1.807, 2.05) is 36.4 Å². The summed E-state index contributed by atoms with van der Waals surface area (Å²) in [5, 5.41) is 5.33. The maximum Gasteiger partial charge on any atom is 0.254 e. The first-order valence-electron chi connectivity index (χ1n) is 10.6. The van der Waals surface area contributed by atoms with E-state index in [1.165, 1.54) is 6.21 Å². The number of ether oxygens (including phenoxy) is 2. The summed E-state index contributed by atoms with van der Waals surface area (Å²) in [6.45, 7) is 0.431. The van der Waals surface area contributed by atoms with Crippen molar-refractivity contribution in [1.82, 2.24) is 5.01 Å². The topological polar surface area (TPSA) is 68.2 Å². The first-order chi connectivity index (χ1) is 15.2. The molecule has 1 aliphatic heterocycles. The van der Waals surface area contributed by atoms with E-state index in [0.29, 0.717) is 18.1 Å². The molecule has 1 saturated heterocycles. The lowest BCUT2D eigenvalue weighted by atomic mass is 9.63. The van der Waals surface area contributed by atoms with Gasteiger partial charge in [0.15, 0.2) is 11.5 Å². The molecule has 2 bridgehead atoms. The van der Waals surface area contributed by atoms with Gasteiger partial charge in [-0.3, -0.25) is 9.59 Å². The zero-order chi connectivity index (χ0) is 21.4. The number of carbonyl (C=O) groups is 2. The minimum atomic E-state index is -0.253.